The van der Waals surface area contributed by atoms with Crippen molar-refractivity contribution in [2.24, 2.45) is 0 Å². The number of anilines is 2. The molecule has 25 heavy (non-hydrogen) atoms. The molecule has 2 aromatic carbocycles. The summed E-state index contributed by atoms with van der Waals surface area (Å²) < 4.78 is 0. The van der Waals surface area contributed by atoms with Crippen LogP contribution in [0.25, 0.3) is 0 Å². The summed E-state index contributed by atoms with van der Waals surface area (Å²) in [7, 11) is 0. The minimum atomic E-state index is -0.202. The van der Waals surface area contributed by atoms with Gasteiger partial charge in [0.1, 0.15) is 0 Å². The summed E-state index contributed by atoms with van der Waals surface area (Å²) in [4.78, 5) is 14.7. The minimum Gasteiger partial charge on any atom is -0.393 e. The molecule has 0 unspecified atom stereocenters. The van der Waals surface area contributed by atoms with Crippen LogP contribution in [-0.2, 0) is 11.2 Å². The SMILES string of the molecule is Cc1ccccc1CCC(=O)Nc1ccccc1N1CCC(O)CC1. The third-order valence-electron chi connectivity index (χ3n) is 4.87. The molecule has 1 saturated heterocycles. The second-order valence-corrected chi connectivity index (χ2v) is 6.71. The largest absolute Gasteiger partial charge is 0.393 e. The maximum atomic E-state index is 12.4. The summed E-state index contributed by atoms with van der Waals surface area (Å²) in [6.45, 7) is 3.71. The molecule has 0 bridgehead atoms. The van der Waals surface area contributed by atoms with Crippen LogP contribution in [0.3, 0.4) is 0 Å². The first kappa shape index (κ1) is 17.5. The van der Waals surface area contributed by atoms with Crippen LogP contribution in [0.1, 0.15) is 30.4 Å². The first-order chi connectivity index (χ1) is 12.1. The number of aliphatic hydroxyl groups is 1. The lowest BCUT2D eigenvalue weighted by Crippen LogP contribution is -2.36. The van der Waals surface area contributed by atoms with E-state index < -0.39 is 0 Å². The number of nitrogens with zero attached hydrogens (tertiary/aromatic N) is 1. The highest BCUT2D eigenvalue weighted by molar-refractivity contribution is 5.94. The van der Waals surface area contributed by atoms with E-state index in [1.807, 2.05) is 36.4 Å². The number of aryl methyl sites for hydroxylation is 2. The van der Waals surface area contributed by atoms with Crippen LogP contribution in [0.5, 0.6) is 0 Å². The second-order valence-electron chi connectivity index (χ2n) is 6.71. The zero-order valence-electron chi connectivity index (χ0n) is 14.7. The molecule has 132 valence electrons. The summed E-state index contributed by atoms with van der Waals surface area (Å²) in [6.07, 6.45) is 2.56. The van der Waals surface area contributed by atoms with Crippen LogP contribution >= 0.6 is 0 Å². The van der Waals surface area contributed by atoms with Gasteiger partial charge in [0.05, 0.1) is 17.5 Å². The molecule has 1 aliphatic heterocycles. The molecule has 0 spiro atoms. The molecule has 2 aromatic rings. The third kappa shape index (κ3) is 4.60. The van der Waals surface area contributed by atoms with E-state index in [1.165, 1.54) is 11.1 Å². The monoisotopic (exact) mass is 338 g/mol. The first-order valence-electron chi connectivity index (χ1n) is 9.00. The van der Waals surface area contributed by atoms with E-state index in [4.69, 9.17) is 0 Å². The van der Waals surface area contributed by atoms with Gasteiger partial charge in [0.25, 0.3) is 0 Å². The van der Waals surface area contributed by atoms with Gasteiger partial charge in [0, 0.05) is 19.5 Å². The van der Waals surface area contributed by atoms with Crippen LogP contribution in [-0.4, -0.2) is 30.2 Å². The molecule has 0 saturated carbocycles. The van der Waals surface area contributed by atoms with Gasteiger partial charge in [-0.3, -0.25) is 4.79 Å². The average Bonchev–Trinajstić information content (AvgIpc) is 2.62. The van der Waals surface area contributed by atoms with E-state index in [-0.39, 0.29) is 12.0 Å². The third-order valence-corrected chi connectivity index (χ3v) is 4.87. The van der Waals surface area contributed by atoms with Crippen molar-refractivity contribution in [1.82, 2.24) is 0 Å². The lowest BCUT2D eigenvalue weighted by molar-refractivity contribution is -0.116. The Balaban J connectivity index is 1.62. The first-order valence-corrected chi connectivity index (χ1v) is 9.00. The van der Waals surface area contributed by atoms with E-state index in [0.717, 1.165) is 43.7 Å². The van der Waals surface area contributed by atoms with E-state index in [2.05, 4.69) is 29.3 Å². The quantitative estimate of drug-likeness (QED) is 0.877. The lowest BCUT2D eigenvalue weighted by Gasteiger charge is -2.32. The van der Waals surface area contributed by atoms with Crippen molar-refractivity contribution in [3.05, 3.63) is 59.7 Å². The lowest BCUT2D eigenvalue weighted by atomic mass is 10.0. The van der Waals surface area contributed by atoms with Crippen LogP contribution in [0.15, 0.2) is 48.5 Å². The van der Waals surface area contributed by atoms with Gasteiger partial charge < -0.3 is 15.3 Å². The van der Waals surface area contributed by atoms with Gasteiger partial charge in [-0.2, -0.15) is 0 Å². The standard InChI is InChI=1S/C21H26N2O2/c1-16-6-2-3-7-17(16)10-11-21(25)22-19-8-4-5-9-20(19)23-14-12-18(24)13-15-23/h2-9,18,24H,10-15H2,1H3,(H,22,25). The van der Waals surface area contributed by atoms with Crippen LogP contribution in [0.2, 0.25) is 0 Å². The summed E-state index contributed by atoms with van der Waals surface area (Å²) >= 11 is 0. The molecule has 0 aromatic heterocycles. The number of piperidine rings is 1. The Morgan fingerprint density at radius 3 is 2.56 bits per heavy atom. The molecule has 4 nitrogen and oxygen atoms in total. The highest BCUT2D eigenvalue weighted by Gasteiger charge is 2.19. The minimum absolute atomic E-state index is 0.0350. The number of amides is 1. The summed E-state index contributed by atoms with van der Waals surface area (Å²) in [6, 6.07) is 16.1. The molecule has 1 amide bonds. The number of rotatable bonds is 5. The highest BCUT2D eigenvalue weighted by atomic mass is 16.3. The molecule has 1 heterocycles. The molecule has 0 atom stereocenters. The number of hydrogen-bond acceptors (Lipinski definition) is 3. The van der Waals surface area contributed by atoms with Crippen LogP contribution < -0.4 is 10.2 Å². The molecule has 1 fully saturated rings. The van der Waals surface area contributed by atoms with E-state index >= 15 is 0 Å². The Morgan fingerprint density at radius 2 is 1.80 bits per heavy atom. The van der Waals surface area contributed by atoms with Gasteiger partial charge in [-0.25, -0.2) is 0 Å². The fourth-order valence-corrected chi connectivity index (χ4v) is 3.31. The molecule has 0 aliphatic carbocycles. The molecular weight excluding hydrogens is 312 g/mol. The Morgan fingerprint density at radius 1 is 1.12 bits per heavy atom. The topological polar surface area (TPSA) is 52.6 Å². The van der Waals surface area contributed by atoms with Gasteiger partial charge in [-0.05, 0) is 49.4 Å². The van der Waals surface area contributed by atoms with E-state index in [1.54, 1.807) is 0 Å². The van der Waals surface area contributed by atoms with Crippen molar-refractivity contribution in [2.75, 3.05) is 23.3 Å². The van der Waals surface area contributed by atoms with Crippen molar-refractivity contribution >= 4 is 17.3 Å². The number of carbonyl (C=O) groups excluding carboxylic acids is 1. The van der Waals surface area contributed by atoms with Gasteiger partial charge >= 0.3 is 0 Å². The second kappa shape index (κ2) is 8.17. The van der Waals surface area contributed by atoms with Crippen molar-refractivity contribution < 1.29 is 9.90 Å². The molecule has 1 aliphatic rings. The maximum absolute atomic E-state index is 12.4. The maximum Gasteiger partial charge on any atom is 0.224 e. The van der Waals surface area contributed by atoms with Gasteiger partial charge in [0.2, 0.25) is 5.91 Å². The zero-order valence-corrected chi connectivity index (χ0v) is 14.7. The summed E-state index contributed by atoms with van der Waals surface area (Å²) in [5.74, 6) is 0.0350. The van der Waals surface area contributed by atoms with Crippen molar-refractivity contribution in [3.63, 3.8) is 0 Å². The van der Waals surface area contributed by atoms with Crippen LogP contribution in [0.4, 0.5) is 11.4 Å². The predicted octanol–water partition coefficient (Wildman–Crippen LogP) is 3.53. The van der Waals surface area contributed by atoms with Gasteiger partial charge in [-0.15, -0.1) is 0 Å². The Bertz CT molecular complexity index is 721. The van der Waals surface area contributed by atoms with E-state index in [9.17, 15) is 9.90 Å². The Labute approximate surface area is 149 Å². The van der Waals surface area contributed by atoms with Crippen LogP contribution in [0, 0.1) is 6.92 Å². The smallest absolute Gasteiger partial charge is 0.224 e. The fraction of sp³-hybridized carbons (Fsp3) is 0.381. The number of nitrogens with one attached hydrogen (secondary N) is 1. The number of benzene rings is 2. The zero-order chi connectivity index (χ0) is 17.6. The normalized spacial score (nSPS) is 15.2. The average molecular weight is 338 g/mol. The Kier molecular flexibility index (Phi) is 5.71. The van der Waals surface area contributed by atoms with E-state index in [0.29, 0.717) is 6.42 Å². The number of aliphatic hydroxyl groups excluding tert-OH is 1. The van der Waals surface area contributed by atoms with Gasteiger partial charge in [-0.1, -0.05) is 36.4 Å². The molecular formula is C21H26N2O2. The van der Waals surface area contributed by atoms with Gasteiger partial charge in [0.15, 0.2) is 0 Å². The Hall–Kier alpha value is -2.33. The van der Waals surface area contributed by atoms with Crippen molar-refractivity contribution in [1.29, 1.82) is 0 Å². The molecule has 0 radical (unpaired) electrons. The summed E-state index contributed by atoms with van der Waals surface area (Å²) in [5.41, 5.74) is 4.34. The van der Waals surface area contributed by atoms with Crippen molar-refractivity contribution in [2.45, 2.75) is 38.7 Å². The highest BCUT2D eigenvalue weighted by Crippen LogP contribution is 2.28. The molecule has 2 N–H and O–H groups in total. The molecule has 3 rings (SSSR count). The predicted molar refractivity (Wildman–Crippen MR) is 102 cm³/mol. The number of para-hydroxylation sites is 2. The number of carbonyl (C=O) groups is 1. The summed E-state index contributed by atoms with van der Waals surface area (Å²) in [5, 5.41) is 12.8. The number of hydrogen-bond donors (Lipinski definition) is 2. The molecule has 4 heteroatoms. The van der Waals surface area contributed by atoms with Crippen molar-refractivity contribution in [3.8, 4) is 0 Å². The fourth-order valence-electron chi connectivity index (χ4n) is 3.31.